The zero-order chi connectivity index (χ0) is 14.7. The Morgan fingerprint density at radius 1 is 1.30 bits per heavy atom. The summed E-state index contributed by atoms with van der Waals surface area (Å²) < 4.78 is 0. The van der Waals surface area contributed by atoms with Crippen LogP contribution in [0.4, 0.5) is 5.69 Å². The molecule has 2 aromatic rings. The van der Waals surface area contributed by atoms with Crippen molar-refractivity contribution in [1.82, 2.24) is 4.98 Å². The summed E-state index contributed by atoms with van der Waals surface area (Å²) in [6.45, 7) is 3.56. The van der Waals surface area contributed by atoms with Crippen LogP contribution in [-0.4, -0.2) is 10.9 Å². The number of aryl methyl sites for hydroxylation is 2. The number of hydrogen-bond acceptors (Lipinski definition) is 3. The summed E-state index contributed by atoms with van der Waals surface area (Å²) in [7, 11) is 0. The molecule has 0 spiro atoms. The van der Waals surface area contributed by atoms with Gasteiger partial charge in [0.1, 0.15) is 5.56 Å². The summed E-state index contributed by atoms with van der Waals surface area (Å²) in [5.74, 6) is -0.496. The first-order chi connectivity index (χ1) is 9.51. The molecule has 2 N–H and O–H groups in total. The van der Waals surface area contributed by atoms with Crippen LogP contribution in [0.5, 0.6) is 0 Å². The van der Waals surface area contributed by atoms with Crippen molar-refractivity contribution >= 4 is 11.6 Å². The molecular formula is C15H13N3O2. The van der Waals surface area contributed by atoms with Gasteiger partial charge in [-0.2, -0.15) is 5.26 Å². The SMILES string of the molecule is Cc1cc(=O)c(C(=O)Nc2cc(C#N)ccc2C)c[nH]1. The molecule has 1 aromatic carbocycles. The number of aromatic nitrogens is 1. The van der Waals surface area contributed by atoms with Gasteiger partial charge in [0.25, 0.3) is 5.91 Å². The molecule has 0 saturated heterocycles. The van der Waals surface area contributed by atoms with Crippen LogP contribution in [0.15, 0.2) is 35.3 Å². The molecule has 0 aliphatic carbocycles. The number of nitriles is 1. The van der Waals surface area contributed by atoms with E-state index < -0.39 is 5.91 Å². The average molecular weight is 267 g/mol. The van der Waals surface area contributed by atoms with E-state index in [9.17, 15) is 9.59 Å². The second kappa shape index (κ2) is 5.41. The number of aromatic amines is 1. The number of pyridine rings is 1. The molecule has 0 aliphatic heterocycles. The summed E-state index contributed by atoms with van der Waals surface area (Å²) >= 11 is 0. The number of rotatable bonds is 2. The Balaban J connectivity index is 2.33. The van der Waals surface area contributed by atoms with Crippen molar-refractivity contribution in [2.24, 2.45) is 0 Å². The van der Waals surface area contributed by atoms with Crippen molar-refractivity contribution in [3.63, 3.8) is 0 Å². The third-order valence-electron chi connectivity index (χ3n) is 2.92. The highest BCUT2D eigenvalue weighted by Gasteiger charge is 2.12. The molecular weight excluding hydrogens is 254 g/mol. The van der Waals surface area contributed by atoms with E-state index in [-0.39, 0.29) is 11.0 Å². The number of nitrogens with one attached hydrogen (secondary N) is 2. The summed E-state index contributed by atoms with van der Waals surface area (Å²) in [6.07, 6.45) is 1.39. The lowest BCUT2D eigenvalue weighted by atomic mass is 10.1. The van der Waals surface area contributed by atoms with Gasteiger partial charge in [-0.1, -0.05) is 6.07 Å². The minimum absolute atomic E-state index is 0.0392. The molecule has 0 radical (unpaired) electrons. The van der Waals surface area contributed by atoms with Crippen LogP contribution < -0.4 is 10.7 Å². The van der Waals surface area contributed by atoms with Crippen molar-refractivity contribution < 1.29 is 4.79 Å². The van der Waals surface area contributed by atoms with E-state index in [2.05, 4.69) is 10.3 Å². The second-order valence-corrected chi connectivity index (χ2v) is 4.49. The molecule has 1 amide bonds. The quantitative estimate of drug-likeness (QED) is 0.873. The number of carbonyl (C=O) groups excluding carboxylic acids is 1. The molecule has 0 bridgehead atoms. The fourth-order valence-electron chi connectivity index (χ4n) is 1.77. The van der Waals surface area contributed by atoms with Gasteiger partial charge in [-0.3, -0.25) is 9.59 Å². The standard InChI is InChI=1S/C15H13N3O2/c1-9-3-4-11(7-16)6-13(9)18-15(20)12-8-17-10(2)5-14(12)19/h3-6,8H,1-2H3,(H,17,19)(H,18,20). The molecule has 2 rings (SSSR count). The topological polar surface area (TPSA) is 85.8 Å². The predicted octanol–water partition coefficient (Wildman–Crippen LogP) is 2.12. The van der Waals surface area contributed by atoms with Gasteiger partial charge in [-0.25, -0.2) is 0 Å². The van der Waals surface area contributed by atoms with Gasteiger partial charge in [-0.15, -0.1) is 0 Å². The van der Waals surface area contributed by atoms with Gasteiger partial charge >= 0.3 is 0 Å². The molecule has 100 valence electrons. The minimum Gasteiger partial charge on any atom is -0.364 e. The Morgan fingerprint density at radius 3 is 2.70 bits per heavy atom. The van der Waals surface area contributed by atoms with Crippen LogP contribution >= 0.6 is 0 Å². The van der Waals surface area contributed by atoms with Crippen LogP contribution in [-0.2, 0) is 0 Å². The van der Waals surface area contributed by atoms with E-state index in [4.69, 9.17) is 5.26 Å². The van der Waals surface area contributed by atoms with Gasteiger partial charge < -0.3 is 10.3 Å². The van der Waals surface area contributed by atoms with Gasteiger partial charge in [-0.05, 0) is 31.5 Å². The summed E-state index contributed by atoms with van der Waals surface area (Å²) in [5, 5.41) is 11.5. The van der Waals surface area contributed by atoms with Crippen LogP contribution in [0.3, 0.4) is 0 Å². The number of carbonyl (C=O) groups is 1. The molecule has 5 heteroatoms. The van der Waals surface area contributed by atoms with Crippen molar-refractivity contribution in [2.45, 2.75) is 13.8 Å². The Labute approximate surface area is 115 Å². The Kier molecular flexibility index (Phi) is 3.67. The lowest BCUT2D eigenvalue weighted by Crippen LogP contribution is -2.22. The van der Waals surface area contributed by atoms with Crippen molar-refractivity contribution in [3.8, 4) is 6.07 Å². The molecule has 0 aliphatic rings. The number of hydrogen-bond donors (Lipinski definition) is 2. The molecule has 5 nitrogen and oxygen atoms in total. The highest BCUT2D eigenvalue weighted by atomic mass is 16.2. The highest BCUT2D eigenvalue weighted by molar-refractivity contribution is 6.04. The van der Waals surface area contributed by atoms with E-state index in [0.717, 1.165) is 5.56 Å². The van der Waals surface area contributed by atoms with Crippen molar-refractivity contribution in [1.29, 1.82) is 5.26 Å². The molecule has 1 aromatic heterocycles. The smallest absolute Gasteiger partial charge is 0.261 e. The normalized spacial score (nSPS) is 9.85. The van der Waals surface area contributed by atoms with Gasteiger partial charge in [0.2, 0.25) is 0 Å². The number of benzene rings is 1. The van der Waals surface area contributed by atoms with E-state index in [1.807, 2.05) is 13.0 Å². The molecule has 20 heavy (non-hydrogen) atoms. The van der Waals surface area contributed by atoms with Crippen LogP contribution in [0.1, 0.15) is 27.2 Å². The maximum absolute atomic E-state index is 12.1. The maximum atomic E-state index is 12.1. The van der Waals surface area contributed by atoms with Crippen LogP contribution in [0.25, 0.3) is 0 Å². The monoisotopic (exact) mass is 267 g/mol. The first-order valence-corrected chi connectivity index (χ1v) is 6.02. The number of anilines is 1. The second-order valence-electron chi connectivity index (χ2n) is 4.49. The van der Waals surface area contributed by atoms with Gasteiger partial charge in [0.15, 0.2) is 5.43 Å². The Bertz CT molecular complexity index is 769. The van der Waals surface area contributed by atoms with E-state index in [0.29, 0.717) is 16.9 Å². The van der Waals surface area contributed by atoms with Crippen LogP contribution in [0, 0.1) is 25.2 Å². The summed E-state index contributed by atoms with van der Waals surface area (Å²) in [5.41, 5.74) is 2.18. The third kappa shape index (κ3) is 2.75. The average Bonchev–Trinajstić information content (AvgIpc) is 2.41. The molecule has 0 atom stereocenters. The lowest BCUT2D eigenvalue weighted by Gasteiger charge is -2.08. The fraction of sp³-hybridized carbons (Fsp3) is 0.133. The number of H-pyrrole nitrogens is 1. The number of nitrogens with zero attached hydrogens (tertiary/aromatic N) is 1. The van der Waals surface area contributed by atoms with Crippen molar-refractivity contribution in [3.05, 3.63) is 63.1 Å². The molecule has 0 unspecified atom stereocenters. The first-order valence-electron chi connectivity index (χ1n) is 6.02. The van der Waals surface area contributed by atoms with Gasteiger partial charge in [0, 0.05) is 23.6 Å². The van der Waals surface area contributed by atoms with Crippen molar-refractivity contribution in [2.75, 3.05) is 5.32 Å². The lowest BCUT2D eigenvalue weighted by molar-refractivity contribution is 0.102. The van der Waals surface area contributed by atoms with Crippen LogP contribution in [0.2, 0.25) is 0 Å². The Hall–Kier alpha value is -2.87. The predicted molar refractivity (Wildman–Crippen MR) is 75.6 cm³/mol. The molecule has 0 saturated carbocycles. The molecule has 1 heterocycles. The fourth-order valence-corrected chi connectivity index (χ4v) is 1.77. The zero-order valence-corrected chi connectivity index (χ0v) is 11.2. The third-order valence-corrected chi connectivity index (χ3v) is 2.92. The van der Waals surface area contributed by atoms with E-state index >= 15 is 0 Å². The first kappa shape index (κ1) is 13.6. The highest BCUT2D eigenvalue weighted by Crippen LogP contribution is 2.17. The summed E-state index contributed by atoms with van der Waals surface area (Å²) in [4.78, 5) is 26.7. The minimum atomic E-state index is -0.496. The maximum Gasteiger partial charge on any atom is 0.261 e. The molecule has 0 fully saturated rings. The number of amides is 1. The zero-order valence-electron chi connectivity index (χ0n) is 11.2. The van der Waals surface area contributed by atoms with E-state index in [1.165, 1.54) is 12.3 Å². The Morgan fingerprint density at radius 2 is 2.05 bits per heavy atom. The summed E-state index contributed by atoms with van der Waals surface area (Å²) in [6, 6.07) is 8.37. The van der Waals surface area contributed by atoms with E-state index in [1.54, 1.807) is 25.1 Å². The van der Waals surface area contributed by atoms with Gasteiger partial charge in [0.05, 0.1) is 11.6 Å². The largest absolute Gasteiger partial charge is 0.364 e.